The fraction of sp³-hybridized carbons (Fsp3) is 0.417. The summed E-state index contributed by atoms with van der Waals surface area (Å²) in [5, 5.41) is 9.72. The minimum atomic E-state index is -0.661. The standard InChI is InChI=1S/C12H16O2/c1-9(2)11(13)8-12(14)10-6-4-3-5-7-10/h3-7,9,12,14H,8H2,1-2H3/t12-/m1/s1. The van der Waals surface area contributed by atoms with Gasteiger partial charge in [0, 0.05) is 12.3 Å². The first-order valence-electron chi connectivity index (χ1n) is 4.87. The van der Waals surface area contributed by atoms with Crippen molar-refractivity contribution >= 4 is 5.78 Å². The Labute approximate surface area is 84.6 Å². The third-order valence-corrected chi connectivity index (χ3v) is 2.22. The van der Waals surface area contributed by atoms with E-state index in [-0.39, 0.29) is 18.1 Å². The summed E-state index contributed by atoms with van der Waals surface area (Å²) < 4.78 is 0. The van der Waals surface area contributed by atoms with Crippen molar-refractivity contribution < 1.29 is 9.90 Å². The third kappa shape index (κ3) is 2.96. The molecule has 0 aliphatic heterocycles. The second-order valence-electron chi connectivity index (χ2n) is 3.75. The molecule has 1 atom stereocenters. The van der Waals surface area contributed by atoms with Gasteiger partial charge in [-0.15, -0.1) is 0 Å². The van der Waals surface area contributed by atoms with Crippen molar-refractivity contribution in [1.29, 1.82) is 0 Å². The van der Waals surface area contributed by atoms with Crippen molar-refractivity contribution in [3.63, 3.8) is 0 Å². The van der Waals surface area contributed by atoms with E-state index in [9.17, 15) is 9.90 Å². The van der Waals surface area contributed by atoms with E-state index in [2.05, 4.69) is 0 Å². The molecule has 2 heteroatoms. The van der Waals surface area contributed by atoms with E-state index < -0.39 is 6.10 Å². The fourth-order valence-electron chi connectivity index (χ4n) is 1.22. The number of benzene rings is 1. The van der Waals surface area contributed by atoms with Crippen LogP contribution in [0.2, 0.25) is 0 Å². The van der Waals surface area contributed by atoms with Crippen molar-refractivity contribution in [3.05, 3.63) is 35.9 Å². The van der Waals surface area contributed by atoms with E-state index in [1.807, 2.05) is 44.2 Å². The predicted molar refractivity (Wildman–Crippen MR) is 55.9 cm³/mol. The number of aliphatic hydroxyl groups excluding tert-OH is 1. The Morgan fingerprint density at radius 1 is 1.29 bits per heavy atom. The molecule has 0 bridgehead atoms. The average molecular weight is 192 g/mol. The molecule has 1 aromatic rings. The molecule has 0 fully saturated rings. The Kier molecular flexibility index (Phi) is 3.84. The molecule has 0 saturated carbocycles. The van der Waals surface area contributed by atoms with Gasteiger partial charge in [-0.3, -0.25) is 4.79 Å². The third-order valence-electron chi connectivity index (χ3n) is 2.22. The van der Waals surface area contributed by atoms with Crippen LogP contribution in [-0.4, -0.2) is 10.9 Å². The normalized spacial score (nSPS) is 12.9. The van der Waals surface area contributed by atoms with Crippen molar-refractivity contribution in [2.24, 2.45) is 5.92 Å². The van der Waals surface area contributed by atoms with E-state index in [1.54, 1.807) is 0 Å². The van der Waals surface area contributed by atoms with Crippen LogP contribution in [0, 0.1) is 5.92 Å². The molecule has 76 valence electrons. The van der Waals surface area contributed by atoms with Gasteiger partial charge in [0.15, 0.2) is 0 Å². The Morgan fingerprint density at radius 3 is 2.36 bits per heavy atom. The zero-order chi connectivity index (χ0) is 10.6. The number of aliphatic hydroxyl groups is 1. The van der Waals surface area contributed by atoms with Gasteiger partial charge < -0.3 is 5.11 Å². The largest absolute Gasteiger partial charge is 0.388 e. The molecule has 0 amide bonds. The molecule has 0 aliphatic carbocycles. The molecule has 14 heavy (non-hydrogen) atoms. The first kappa shape index (κ1) is 10.9. The van der Waals surface area contributed by atoms with Crippen molar-refractivity contribution in [1.82, 2.24) is 0 Å². The molecular weight excluding hydrogens is 176 g/mol. The maximum atomic E-state index is 11.4. The fourth-order valence-corrected chi connectivity index (χ4v) is 1.22. The first-order chi connectivity index (χ1) is 6.61. The van der Waals surface area contributed by atoms with Gasteiger partial charge in [-0.05, 0) is 5.56 Å². The minimum absolute atomic E-state index is 0.00615. The second-order valence-corrected chi connectivity index (χ2v) is 3.75. The predicted octanol–water partition coefficient (Wildman–Crippen LogP) is 2.34. The summed E-state index contributed by atoms with van der Waals surface area (Å²) in [5.41, 5.74) is 0.807. The van der Waals surface area contributed by atoms with Crippen LogP contribution in [0.15, 0.2) is 30.3 Å². The maximum Gasteiger partial charge on any atom is 0.138 e. The molecule has 0 spiro atoms. The Morgan fingerprint density at radius 2 is 1.86 bits per heavy atom. The van der Waals surface area contributed by atoms with Crippen LogP contribution in [0.3, 0.4) is 0 Å². The number of carbonyl (C=O) groups is 1. The lowest BCUT2D eigenvalue weighted by atomic mass is 9.99. The minimum Gasteiger partial charge on any atom is -0.388 e. The van der Waals surface area contributed by atoms with Gasteiger partial charge in [0.2, 0.25) is 0 Å². The molecule has 0 heterocycles. The van der Waals surface area contributed by atoms with Gasteiger partial charge in [0.05, 0.1) is 6.10 Å². The highest BCUT2D eigenvalue weighted by Gasteiger charge is 2.14. The van der Waals surface area contributed by atoms with Crippen LogP contribution in [0.25, 0.3) is 0 Å². The van der Waals surface area contributed by atoms with Crippen LogP contribution in [-0.2, 0) is 4.79 Å². The van der Waals surface area contributed by atoms with Crippen LogP contribution >= 0.6 is 0 Å². The number of hydrogen-bond acceptors (Lipinski definition) is 2. The molecule has 1 aromatic carbocycles. The van der Waals surface area contributed by atoms with Crippen LogP contribution in [0.1, 0.15) is 31.9 Å². The summed E-state index contributed by atoms with van der Waals surface area (Å²) in [6.45, 7) is 3.69. The molecular formula is C12H16O2. The number of ketones is 1. The van der Waals surface area contributed by atoms with Gasteiger partial charge in [-0.2, -0.15) is 0 Å². The smallest absolute Gasteiger partial charge is 0.138 e. The maximum absolute atomic E-state index is 11.4. The van der Waals surface area contributed by atoms with E-state index in [0.717, 1.165) is 5.56 Å². The lowest BCUT2D eigenvalue weighted by Crippen LogP contribution is -2.11. The highest BCUT2D eigenvalue weighted by molar-refractivity contribution is 5.80. The monoisotopic (exact) mass is 192 g/mol. The summed E-state index contributed by atoms with van der Waals surface area (Å²) in [6.07, 6.45) is -0.451. The number of rotatable bonds is 4. The zero-order valence-electron chi connectivity index (χ0n) is 8.60. The molecule has 0 unspecified atom stereocenters. The van der Waals surface area contributed by atoms with Gasteiger partial charge in [-0.25, -0.2) is 0 Å². The average Bonchev–Trinajstić information content (AvgIpc) is 2.19. The molecule has 0 aliphatic rings. The molecule has 0 aromatic heterocycles. The highest BCUT2D eigenvalue weighted by Crippen LogP contribution is 2.17. The zero-order valence-corrected chi connectivity index (χ0v) is 8.60. The summed E-state index contributed by atoms with van der Waals surface area (Å²) in [5.74, 6) is 0.0923. The van der Waals surface area contributed by atoms with Crippen LogP contribution < -0.4 is 0 Å². The van der Waals surface area contributed by atoms with Gasteiger partial charge in [0.25, 0.3) is 0 Å². The SMILES string of the molecule is CC(C)C(=O)C[C@@H](O)c1ccccc1. The lowest BCUT2D eigenvalue weighted by Gasteiger charge is -2.11. The Balaban J connectivity index is 2.59. The highest BCUT2D eigenvalue weighted by atomic mass is 16.3. The number of carbonyl (C=O) groups excluding carboxylic acids is 1. The van der Waals surface area contributed by atoms with Crippen molar-refractivity contribution in [3.8, 4) is 0 Å². The summed E-state index contributed by atoms with van der Waals surface area (Å²) in [7, 11) is 0. The van der Waals surface area contributed by atoms with Crippen molar-refractivity contribution in [2.75, 3.05) is 0 Å². The summed E-state index contributed by atoms with van der Waals surface area (Å²) >= 11 is 0. The summed E-state index contributed by atoms with van der Waals surface area (Å²) in [6, 6.07) is 9.27. The van der Waals surface area contributed by atoms with Gasteiger partial charge in [-0.1, -0.05) is 44.2 Å². The Hall–Kier alpha value is -1.15. The van der Waals surface area contributed by atoms with E-state index >= 15 is 0 Å². The van der Waals surface area contributed by atoms with E-state index in [0.29, 0.717) is 0 Å². The molecule has 1 rings (SSSR count). The topological polar surface area (TPSA) is 37.3 Å². The van der Waals surface area contributed by atoms with Crippen molar-refractivity contribution in [2.45, 2.75) is 26.4 Å². The molecule has 0 saturated heterocycles. The van der Waals surface area contributed by atoms with E-state index in [4.69, 9.17) is 0 Å². The molecule has 1 N–H and O–H groups in total. The molecule has 0 radical (unpaired) electrons. The summed E-state index contributed by atoms with van der Waals surface area (Å²) in [4.78, 5) is 11.4. The van der Waals surface area contributed by atoms with Crippen LogP contribution in [0.4, 0.5) is 0 Å². The first-order valence-corrected chi connectivity index (χ1v) is 4.87. The quantitative estimate of drug-likeness (QED) is 0.795. The number of hydrogen-bond donors (Lipinski definition) is 1. The van der Waals surface area contributed by atoms with Gasteiger partial charge >= 0.3 is 0 Å². The van der Waals surface area contributed by atoms with Gasteiger partial charge in [0.1, 0.15) is 5.78 Å². The molecule has 2 nitrogen and oxygen atoms in total. The lowest BCUT2D eigenvalue weighted by molar-refractivity contribution is -0.123. The van der Waals surface area contributed by atoms with Crippen LogP contribution in [0.5, 0.6) is 0 Å². The second kappa shape index (κ2) is 4.91. The van der Waals surface area contributed by atoms with E-state index in [1.165, 1.54) is 0 Å². The number of Topliss-reactive ketones (excluding diaryl/α,β-unsaturated/α-hetero) is 1. The Bertz CT molecular complexity index is 290.